The molecular formula is C20H29NO3S. The lowest BCUT2D eigenvalue weighted by atomic mass is 10.0. The Labute approximate surface area is 155 Å². The van der Waals surface area contributed by atoms with Gasteiger partial charge in [0.25, 0.3) is 0 Å². The van der Waals surface area contributed by atoms with E-state index in [0.717, 1.165) is 25.0 Å². The number of benzene rings is 1. The number of nitrogens with one attached hydrogen (secondary N) is 1. The quantitative estimate of drug-likeness (QED) is 0.463. The predicted molar refractivity (Wildman–Crippen MR) is 105 cm³/mol. The molecule has 0 saturated carbocycles. The smallest absolute Gasteiger partial charge is 0.327 e. The lowest BCUT2D eigenvalue weighted by Gasteiger charge is -2.12. The van der Waals surface area contributed by atoms with E-state index >= 15 is 0 Å². The molecule has 0 bridgehead atoms. The molecule has 0 heterocycles. The second-order valence-electron chi connectivity index (χ2n) is 6.25. The second-order valence-corrected chi connectivity index (χ2v) is 7.32. The van der Waals surface area contributed by atoms with E-state index in [-0.39, 0.29) is 5.91 Å². The molecule has 0 aliphatic heterocycles. The minimum atomic E-state index is -0.991. The summed E-state index contributed by atoms with van der Waals surface area (Å²) in [6, 6.07) is 8.01. The number of rotatable bonds is 11. The van der Waals surface area contributed by atoms with E-state index in [1.54, 1.807) is 0 Å². The van der Waals surface area contributed by atoms with Crippen LogP contribution in [-0.4, -0.2) is 34.5 Å². The van der Waals surface area contributed by atoms with Gasteiger partial charge in [-0.3, -0.25) is 4.79 Å². The first-order valence-electron chi connectivity index (χ1n) is 8.73. The van der Waals surface area contributed by atoms with Crippen LogP contribution in [0.4, 0.5) is 0 Å². The molecule has 138 valence electrons. The van der Waals surface area contributed by atoms with E-state index in [1.165, 1.54) is 41.8 Å². The molecule has 1 aromatic carbocycles. The summed E-state index contributed by atoms with van der Waals surface area (Å²) in [7, 11) is 0. The molecule has 0 unspecified atom stereocenters. The summed E-state index contributed by atoms with van der Waals surface area (Å²) in [4.78, 5) is 22.0. The van der Waals surface area contributed by atoms with Crippen LogP contribution >= 0.6 is 11.8 Å². The minimum Gasteiger partial charge on any atom is -0.480 e. The van der Waals surface area contributed by atoms with Gasteiger partial charge in [-0.25, -0.2) is 4.79 Å². The van der Waals surface area contributed by atoms with E-state index in [4.69, 9.17) is 5.11 Å². The number of aryl methyl sites for hydroxylation is 2. The topological polar surface area (TPSA) is 66.4 Å². The zero-order chi connectivity index (χ0) is 18.7. The molecule has 0 radical (unpaired) electrons. The van der Waals surface area contributed by atoms with Crippen molar-refractivity contribution < 1.29 is 14.7 Å². The Bertz CT molecular complexity index is 581. The van der Waals surface area contributed by atoms with Gasteiger partial charge in [0.15, 0.2) is 0 Å². The maximum atomic E-state index is 11.0. The summed E-state index contributed by atoms with van der Waals surface area (Å²) >= 11 is 1.52. The number of carbonyl (C=O) groups excluding carboxylic acids is 1. The summed E-state index contributed by atoms with van der Waals surface area (Å²) in [6.07, 6.45) is 6.46. The maximum Gasteiger partial charge on any atom is 0.327 e. The van der Waals surface area contributed by atoms with Gasteiger partial charge >= 0.3 is 5.97 Å². The van der Waals surface area contributed by atoms with E-state index in [1.807, 2.05) is 0 Å². The molecule has 1 atom stereocenters. The lowest BCUT2D eigenvalue weighted by Crippen LogP contribution is -2.41. The average molecular weight is 364 g/mol. The van der Waals surface area contributed by atoms with Crippen molar-refractivity contribution in [1.82, 2.24) is 5.32 Å². The van der Waals surface area contributed by atoms with Gasteiger partial charge in [-0.2, -0.15) is 11.8 Å². The maximum absolute atomic E-state index is 11.0. The highest BCUT2D eigenvalue weighted by Crippen LogP contribution is 2.13. The molecular weight excluding hydrogens is 334 g/mol. The lowest BCUT2D eigenvalue weighted by molar-refractivity contribution is -0.140. The molecule has 0 saturated heterocycles. The van der Waals surface area contributed by atoms with Gasteiger partial charge in [0, 0.05) is 18.4 Å². The van der Waals surface area contributed by atoms with Crippen LogP contribution in [0.15, 0.2) is 35.9 Å². The average Bonchev–Trinajstić information content (AvgIpc) is 2.56. The Morgan fingerprint density at radius 3 is 2.28 bits per heavy atom. The van der Waals surface area contributed by atoms with Gasteiger partial charge in [-0.1, -0.05) is 49.3 Å². The fourth-order valence-corrected chi connectivity index (χ4v) is 3.41. The van der Waals surface area contributed by atoms with Gasteiger partial charge in [-0.05, 0) is 37.3 Å². The van der Waals surface area contributed by atoms with Crippen molar-refractivity contribution in [3.63, 3.8) is 0 Å². The van der Waals surface area contributed by atoms with Crippen LogP contribution in [0.3, 0.4) is 0 Å². The Morgan fingerprint density at radius 2 is 1.76 bits per heavy atom. The first-order chi connectivity index (χ1) is 11.9. The number of amides is 1. The van der Waals surface area contributed by atoms with E-state index in [2.05, 4.69) is 49.5 Å². The fraction of sp³-hybridized carbons (Fsp3) is 0.500. The highest BCUT2D eigenvalue weighted by molar-refractivity contribution is 7.99. The molecule has 1 rings (SSSR count). The number of hydrogen-bond donors (Lipinski definition) is 2. The van der Waals surface area contributed by atoms with Gasteiger partial charge in [0.2, 0.25) is 5.91 Å². The van der Waals surface area contributed by atoms with Crippen molar-refractivity contribution in [3.8, 4) is 0 Å². The predicted octanol–water partition coefficient (Wildman–Crippen LogP) is 3.84. The number of hydrogen-bond acceptors (Lipinski definition) is 3. The van der Waals surface area contributed by atoms with Gasteiger partial charge < -0.3 is 10.4 Å². The summed E-state index contributed by atoms with van der Waals surface area (Å²) < 4.78 is 0. The van der Waals surface area contributed by atoms with E-state index in [0.29, 0.717) is 5.75 Å². The zero-order valence-corrected chi connectivity index (χ0v) is 16.2. The largest absolute Gasteiger partial charge is 0.480 e. The molecule has 25 heavy (non-hydrogen) atoms. The van der Waals surface area contributed by atoms with Gasteiger partial charge in [0.05, 0.1) is 0 Å². The Hall–Kier alpha value is -1.75. The molecule has 5 heteroatoms. The second kappa shape index (κ2) is 11.7. The van der Waals surface area contributed by atoms with Crippen LogP contribution in [0.1, 0.15) is 44.7 Å². The van der Waals surface area contributed by atoms with Crippen molar-refractivity contribution in [1.29, 1.82) is 0 Å². The van der Waals surface area contributed by atoms with Crippen molar-refractivity contribution in [2.24, 2.45) is 0 Å². The molecule has 1 amide bonds. The van der Waals surface area contributed by atoms with Crippen LogP contribution in [0.25, 0.3) is 0 Å². The molecule has 0 spiro atoms. The fourth-order valence-electron chi connectivity index (χ4n) is 2.41. The monoisotopic (exact) mass is 363 g/mol. The van der Waals surface area contributed by atoms with Gasteiger partial charge in [-0.15, -0.1) is 0 Å². The van der Waals surface area contributed by atoms with E-state index < -0.39 is 12.0 Å². The van der Waals surface area contributed by atoms with Crippen LogP contribution in [-0.2, 0) is 22.4 Å². The zero-order valence-electron chi connectivity index (χ0n) is 15.4. The third-order valence-electron chi connectivity index (χ3n) is 3.88. The normalized spacial score (nSPS) is 12.7. The number of aliphatic carboxylic acids is 1. The molecule has 0 aromatic heterocycles. The summed E-state index contributed by atoms with van der Waals surface area (Å²) in [5.41, 5.74) is 4.04. The Morgan fingerprint density at radius 1 is 1.16 bits per heavy atom. The van der Waals surface area contributed by atoms with Gasteiger partial charge in [0.1, 0.15) is 6.04 Å². The van der Waals surface area contributed by atoms with Crippen LogP contribution in [0.5, 0.6) is 0 Å². The van der Waals surface area contributed by atoms with Crippen molar-refractivity contribution in [2.45, 2.75) is 52.5 Å². The highest BCUT2D eigenvalue weighted by Gasteiger charge is 2.17. The molecule has 1 aromatic rings. The van der Waals surface area contributed by atoms with E-state index in [9.17, 15) is 9.59 Å². The molecule has 4 nitrogen and oxygen atoms in total. The molecule has 0 aliphatic carbocycles. The van der Waals surface area contributed by atoms with Crippen molar-refractivity contribution in [2.75, 3.05) is 11.5 Å². The first kappa shape index (κ1) is 21.3. The van der Waals surface area contributed by atoms with Crippen molar-refractivity contribution in [3.05, 3.63) is 47.0 Å². The SMILES string of the molecule is CCCc1ccc(CC/C(C)=C/CSC[C@H](NC(C)=O)C(=O)O)cc1. The number of carboxylic acids is 1. The Kier molecular flexibility index (Phi) is 10.0. The third kappa shape index (κ3) is 9.34. The molecule has 0 fully saturated rings. The highest BCUT2D eigenvalue weighted by atomic mass is 32.2. The third-order valence-corrected chi connectivity index (χ3v) is 4.85. The van der Waals surface area contributed by atoms with Crippen molar-refractivity contribution >= 4 is 23.6 Å². The number of carboxylic acid groups (broad SMARTS) is 1. The Balaban J connectivity index is 2.33. The van der Waals surface area contributed by atoms with Crippen LogP contribution in [0, 0.1) is 0 Å². The summed E-state index contributed by atoms with van der Waals surface area (Å²) in [5, 5.41) is 11.5. The first-order valence-corrected chi connectivity index (χ1v) is 9.89. The number of allylic oxidation sites excluding steroid dienone is 1. The number of thioether (sulfide) groups is 1. The van der Waals surface area contributed by atoms with Crippen LogP contribution in [0.2, 0.25) is 0 Å². The minimum absolute atomic E-state index is 0.315. The standard InChI is InChI=1S/C20H29NO3S/c1-4-5-17-8-10-18(11-9-17)7-6-15(2)12-13-25-14-19(20(23)24)21-16(3)22/h8-12,19H,4-7,13-14H2,1-3H3,(H,21,22)(H,23,24)/b15-12+/t19-/m0/s1. The van der Waals surface area contributed by atoms with Crippen LogP contribution < -0.4 is 5.32 Å². The molecule has 2 N–H and O–H groups in total. The summed E-state index contributed by atoms with van der Waals surface area (Å²) in [5.74, 6) is -0.179. The molecule has 0 aliphatic rings. The summed E-state index contributed by atoms with van der Waals surface area (Å²) in [6.45, 7) is 5.63. The number of carbonyl (C=O) groups is 2.